The second-order valence-electron chi connectivity index (χ2n) is 8.36. The fourth-order valence-electron chi connectivity index (χ4n) is 4.20. The number of carbonyl (C=O) groups is 1. The molecule has 0 aliphatic carbocycles. The van der Waals surface area contributed by atoms with Gasteiger partial charge in [0.25, 0.3) is 0 Å². The normalized spacial score (nSPS) is 11.4. The van der Waals surface area contributed by atoms with Crippen LogP contribution in [0.25, 0.3) is 55.8 Å². The minimum absolute atomic E-state index is 0.106. The van der Waals surface area contributed by atoms with E-state index in [1.165, 1.54) is 6.07 Å². The molecule has 6 rings (SSSR count). The van der Waals surface area contributed by atoms with E-state index in [9.17, 15) is 4.79 Å². The van der Waals surface area contributed by atoms with Crippen LogP contribution in [0.3, 0.4) is 0 Å². The van der Waals surface area contributed by atoms with Gasteiger partial charge in [-0.15, -0.1) is 0 Å². The summed E-state index contributed by atoms with van der Waals surface area (Å²) in [6, 6.07) is 8.72. The van der Waals surface area contributed by atoms with Crippen molar-refractivity contribution in [2.24, 2.45) is 0 Å². The van der Waals surface area contributed by atoms with Crippen molar-refractivity contribution in [2.75, 3.05) is 5.32 Å². The molecular formula is C26H20FN7OS. The standard InChI is InChI=1S/C26H20FN7OS/c1-2-3-22(35)30-16-8-15(11-28-12-16)17-9-18-21(10-19(17)27)33-34-24(18)26-31-20-4-6-29-23(25(20)32-26)14-5-7-36-13-14/h4-13H,2-3H2,1H3,(H,30,35)(H,31,32)(H,33,34). The Morgan fingerprint density at radius 2 is 2.03 bits per heavy atom. The van der Waals surface area contributed by atoms with Crippen molar-refractivity contribution < 1.29 is 9.18 Å². The first kappa shape index (κ1) is 22.1. The topological polar surface area (TPSA) is 112 Å². The van der Waals surface area contributed by atoms with Crippen molar-refractivity contribution in [3.63, 3.8) is 0 Å². The molecule has 1 aromatic carbocycles. The Morgan fingerprint density at radius 1 is 1.11 bits per heavy atom. The van der Waals surface area contributed by atoms with E-state index in [4.69, 9.17) is 4.98 Å². The van der Waals surface area contributed by atoms with Gasteiger partial charge in [0.15, 0.2) is 5.82 Å². The summed E-state index contributed by atoms with van der Waals surface area (Å²) in [5, 5.41) is 14.9. The van der Waals surface area contributed by atoms with Crippen LogP contribution < -0.4 is 5.32 Å². The lowest BCUT2D eigenvalue weighted by Crippen LogP contribution is -2.10. The van der Waals surface area contributed by atoms with E-state index in [1.54, 1.807) is 42.1 Å². The minimum atomic E-state index is -0.426. The molecule has 3 N–H and O–H groups in total. The SMILES string of the molecule is CCCC(=O)Nc1cncc(-c2cc3c(-c4nc5c(-c6ccsc6)nccc5[nH]4)n[nH]c3cc2F)c1. The molecule has 0 bridgehead atoms. The molecule has 0 radical (unpaired) electrons. The van der Waals surface area contributed by atoms with Crippen molar-refractivity contribution in [1.82, 2.24) is 30.1 Å². The lowest BCUT2D eigenvalue weighted by Gasteiger charge is -2.08. The maximum Gasteiger partial charge on any atom is 0.224 e. The number of rotatable bonds is 6. The van der Waals surface area contributed by atoms with Crippen LogP contribution in [0.5, 0.6) is 0 Å². The van der Waals surface area contributed by atoms with Gasteiger partial charge >= 0.3 is 0 Å². The highest BCUT2D eigenvalue weighted by Gasteiger charge is 2.18. The van der Waals surface area contributed by atoms with Gasteiger partial charge in [-0.2, -0.15) is 16.4 Å². The van der Waals surface area contributed by atoms with Crippen molar-refractivity contribution in [1.29, 1.82) is 0 Å². The fourth-order valence-corrected chi connectivity index (χ4v) is 4.84. The first-order valence-electron chi connectivity index (χ1n) is 11.4. The zero-order chi connectivity index (χ0) is 24.6. The summed E-state index contributed by atoms with van der Waals surface area (Å²) in [6.07, 6.45) is 6.00. The maximum absolute atomic E-state index is 15.1. The predicted octanol–water partition coefficient (Wildman–Crippen LogP) is 6.17. The van der Waals surface area contributed by atoms with Crippen LogP contribution in [-0.2, 0) is 4.79 Å². The van der Waals surface area contributed by atoms with Crippen molar-refractivity contribution in [2.45, 2.75) is 19.8 Å². The second kappa shape index (κ2) is 8.97. The van der Waals surface area contributed by atoms with Crippen LogP contribution in [0.4, 0.5) is 10.1 Å². The summed E-state index contributed by atoms with van der Waals surface area (Å²) in [6.45, 7) is 1.93. The summed E-state index contributed by atoms with van der Waals surface area (Å²) in [7, 11) is 0. The zero-order valence-electron chi connectivity index (χ0n) is 19.2. The summed E-state index contributed by atoms with van der Waals surface area (Å²) in [5.41, 5.74) is 5.88. The average Bonchev–Trinajstić information content (AvgIpc) is 3.62. The zero-order valence-corrected chi connectivity index (χ0v) is 20.0. The van der Waals surface area contributed by atoms with Gasteiger partial charge in [-0.05, 0) is 36.1 Å². The number of hydrogen-bond donors (Lipinski definition) is 3. The van der Waals surface area contributed by atoms with Crippen LogP contribution in [0.1, 0.15) is 19.8 Å². The Hall–Kier alpha value is -4.44. The molecule has 0 atom stereocenters. The molecule has 0 fully saturated rings. The number of thiophene rings is 1. The molecule has 10 heteroatoms. The monoisotopic (exact) mass is 497 g/mol. The average molecular weight is 498 g/mol. The number of hydrogen-bond acceptors (Lipinski definition) is 6. The molecule has 5 heterocycles. The molecule has 0 aliphatic rings. The van der Waals surface area contributed by atoms with Crippen LogP contribution in [-0.4, -0.2) is 36.0 Å². The number of H-pyrrole nitrogens is 2. The predicted molar refractivity (Wildman–Crippen MR) is 139 cm³/mol. The first-order valence-corrected chi connectivity index (χ1v) is 12.4. The van der Waals surface area contributed by atoms with E-state index >= 15 is 4.39 Å². The third-order valence-corrected chi connectivity index (χ3v) is 6.56. The van der Waals surface area contributed by atoms with E-state index in [0.29, 0.717) is 45.7 Å². The molecule has 0 unspecified atom stereocenters. The van der Waals surface area contributed by atoms with Gasteiger partial charge < -0.3 is 10.3 Å². The number of anilines is 1. The van der Waals surface area contributed by atoms with E-state index in [1.807, 2.05) is 29.8 Å². The molecule has 0 aliphatic heterocycles. The lowest BCUT2D eigenvalue weighted by atomic mass is 10.0. The number of nitrogens with zero attached hydrogens (tertiary/aromatic N) is 4. The molecule has 178 valence electrons. The van der Waals surface area contributed by atoms with Gasteiger partial charge in [-0.1, -0.05) is 6.92 Å². The maximum atomic E-state index is 15.1. The highest BCUT2D eigenvalue weighted by Crippen LogP contribution is 2.34. The number of fused-ring (bicyclic) bond motifs is 2. The number of aromatic amines is 2. The number of amides is 1. The number of halogens is 1. The van der Waals surface area contributed by atoms with E-state index < -0.39 is 5.82 Å². The molecule has 8 nitrogen and oxygen atoms in total. The Balaban J connectivity index is 1.43. The van der Waals surface area contributed by atoms with Gasteiger partial charge in [0.2, 0.25) is 5.91 Å². The summed E-state index contributed by atoms with van der Waals surface area (Å²) >= 11 is 1.60. The first-order chi connectivity index (χ1) is 17.6. The third kappa shape index (κ3) is 3.91. The van der Waals surface area contributed by atoms with Crippen molar-refractivity contribution in [3.05, 3.63) is 65.5 Å². The van der Waals surface area contributed by atoms with Gasteiger partial charge in [0.05, 0.1) is 28.6 Å². The summed E-state index contributed by atoms with van der Waals surface area (Å²) in [5.74, 6) is 0.0211. The fraction of sp³-hybridized carbons (Fsp3) is 0.115. The molecule has 1 amide bonds. The van der Waals surface area contributed by atoms with E-state index in [2.05, 4.69) is 30.5 Å². The van der Waals surface area contributed by atoms with Crippen LogP contribution in [0.2, 0.25) is 0 Å². The third-order valence-electron chi connectivity index (χ3n) is 5.88. The van der Waals surface area contributed by atoms with Crippen LogP contribution in [0.15, 0.2) is 59.7 Å². The number of nitrogens with one attached hydrogen (secondary N) is 3. The minimum Gasteiger partial charge on any atom is -0.336 e. The van der Waals surface area contributed by atoms with E-state index in [0.717, 1.165) is 28.7 Å². The summed E-state index contributed by atoms with van der Waals surface area (Å²) < 4.78 is 15.1. The molecular weight excluding hydrogens is 477 g/mol. The van der Waals surface area contributed by atoms with E-state index in [-0.39, 0.29) is 5.91 Å². The Labute approximate surface area is 208 Å². The van der Waals surface area contributed by atoms with Gasteiger partial charge in [-0.25, -0.2) is 9.37 Å². The largest absolute Gasteiger partial charge is 0.336 e. The highest BCUT2D eigenvalue weighted by atomic mass is 32.1. The van der Waals surface area contributed by atoms with Crippen LogP contribution >= 0.6 is 11.3 Å². The number of carbonyl (C=O) groups excluding carboxylic acids is 1. The summed E-state index contributed by atoms with van der Waals surface area (Å²) in [4.78, 5) is 28.8. The number of aromatic nitrogens is 6. The van der Waals surface area contributed by atoms with Gasteiger partial charge in [0.1, 0.15) is 17.0 Å². The second-order valence-corrected chi connectivity index (χ2v) is 9.14. The number of imidazole rings is 1. The molecule has 6 aromatic rings. The highest BCUT2D eigenvalue weighted by molar-refractivity contribution is 7.08. The Bertz CT molecular complexity index is 1720. The van der Waals surface area contributed by atoms with Gasteiger partial charge in [0, 0.05) is 52.3 Å². The molecule has 36 heavy (non-hydrogen) atoms. The lowest BCUT2D eigenvalue weighted by molar-refractivity contribution is -0.116. The Morgan fingerprint density at radius 3 is 2.86 bits per heavy atom. The van der Waals surface area contributed by atoms with Gasteiger partial charge in [-0.3, -0.25) is 19.9 Å². The van der Waals surface area contributed by atoms with Crippen molar-refractivity contribution in [3.8, 4) is 33.9 Å². The quantitative estimate of drug-likeness (QED) is 0.255. The smallest absolute Gasteiger partial charge is 0.224 e. The number of pyridine rings is 2. The van der Waals surface area contributed by atoms with Crippen LogP contribution in [0, 0.1) is 5.82 Å². The molecule has 0 spiro atoms. The molecule has 5 aromatic heterocycles. The number of benzene rings is 1. The molecule has 0 saturated heterocycles. The van der Waals surface area contributed by atoms with Crippen molar-refractivity contribution >= 4 is 44.9 Å². The molecule has 0 saturated carbocycles. The Kier molecular flexibility index (Phi) is 5.49.